The van der Waals surface area contributed by atoms with Crippen molar-refractivity contribution in [3.05, 3.63) is 35.4 Å². The minimum atomic E-state index is -0.370. The summed E-state index contributed by atoms with van der Waals surface area (Å²) in [6.45, 7) is 5.12. The largest absolute Gasteiger partial charge is 0.461 e. The van der Waals surface area contributed by atoms with Gasteiger partial charge in [0.1, 0.15) is 6.61 Å². The van der Waals surface area contributed by atoms with Gasteiger partial charge in [-0.1, -0.05) is 38.8 Å². The number of nitriles is 1. The maximum absolute atomic E-state index is 12.5. The van der Waals surface area contributed by atoms with E-state index in [0.29, 0.717) is 23.9 Å². The lowest BCUT2D eigenvalue weighted by Crippen LogP contribution is -2.45. The van der Waals surface area contributed by atoms with Gasteiger partial charge in [-0.05, 0) is 36.0 Å². The third-order valence-electron chi connectivity index (χ3n) is 6.02. The zero-order valence-electron chi connectivity index (χ0n) is 15.5. The molecule has 2 aliphatic rings. The van der Waals surface area contributed by atoms with Gasteiger partial charge in [0.2, 0.25) is 5.91 Å². The van der Waals surface area contributed by atoms with E-state index in [-0.39, 0.29) is 36.9 Å². The van der Waals surface area contributed by atoms with Crippen LogP contribution >= 0.6 is 0 Å². The molecule has 5 heteroatoms. The number of benzene rings is 1. The van der Waals surface area contributed by atoms with Gasteiger partial charge < -0.3 is 9.64 Å². The predicted octanol–water partition coefficient (Wildman–Crippen LogP) is 3.27. The molecule has 138 valence electrons. The van der Waals surface area contributed by atoms with E-state index >= 15 is 0 Å². The van der Waals surface area contributed by atoms with Gasteiger partial charge in [0, 0.05) is 19.0 Å². The molecule has 1 saturated carbocycles. The van der Waals surface area contributed by atoms with E-state index in [9.17, 15) is 9.59 Å². The molecule has 2 fully saturated rings. The molecule has 3 rings (SSSR count). The van der Waals surface area contributed by atoms with E-state index < -0.39 is 0 Å². The van der Waals surface area contributed by atoms with Crippen LogP contribution in [0, 0.1) is 29.1 Å². The first-order chi connectivity index (χ1) is 12.5. The van der Waals surface area contributed by atoms with Gasteiger partial charge in [-0.15, -0.1) is 0 Å². The fraction of sp³-hybridized carbons (Fsp3) is 0.571. The van der Waals surface area contributed by atoms with Gasteiger partial charge >= 0.3 is 5.97 Å². The monoisotopic (exact) mass is 354 g/mol. The molecule has 0 bridgehead atoms. The number of likely N-dealkylation sites (tertiary alicyclic amines) is 1. The molecular formula is C21H26N2O3. The summed E-state index contributed by atoms with van der Waals surface area (Å²) in [5.74, 6) is 0.494. The Morgan fingerprint density at radius 2 is 2.00 bits per heavy atom. The van der Waals surface area contributed by atoms with Crippen molar-refractivity contribution in [2.75, 3.05) is 6.54 Å². The van der Waals surface area contributed by atoms with Gasteiger partial charge in [-0.25, -0.2) is 0 Å². The highest BCUT2D eigenvalue weighted by atomic mass is 16.5. The van der Waals surface area contributed by atoms with Crippen molar-refractivity contribution in [2.24, 2.45) is 17.8 Å². The lowest BCUT2D eigenvalue weighted by atomic mass is 9.77. The van der Waals surface area contributed by atoms with Gasteiger partial charge in [-0.3, -0.25) is 9.59 Å². The van der Waals surface area contributed by atoms with Crippen LogP contribution in [0.4, 0.5) is 0 Å². The third kappa shape index (κ3) is 3.90. The molecule has 5 nitrogen and oxygen atoms in total. The zero-order chi connectivity index (χ0) is 18.7. The first-order valence-corrected chi connectivity index (χ1v) is 9.44. The summed E-state index contributed by atoms with van der Waals surface area (Å²) in [5.41, 5.74) is 1.42. The fourth-order valence-corrected chi connectivity index (χ4v) is 4.15. The number of carbonyl (C=O) groups excluding carboxylic acids is 2. The Morgan fingerprint density at radius 3 is 2.69 bits per heavy atom. The first kappa shape index (κ1) is 18.4. The standard InChI is InChI=1S/C21H26N2O3/c1-14-4-3-5-19(15(14)2)23-12-18(10-20(23)24)21(25)26-13-17-8-6-16(11-22)7-9-17/h6-9,14-15,18-19H,3-5,10,12-13H2,1-2H3/t14-,15-,18-,19-/m1/s1. The molecule has 1 heterocycles. The van der Waals surface area contributed by atoms with Crippen LogP contribution in [0.3, 0.4) is 0 Å². The summed E-state index contributed by atoms with van der Waals surface area (Å²) in [6, 6.07) is 9.28. The van der Waals surface area contributed by atoms with Crippen molar-refractivity contribution < 1.29 is 14.3 Å². The highest BCUT2D eigenvalue weighted by molar-refractivity contribution is 5.87. The van der Waals surface area contributed by atoms with Crippen LogP contribution in [0.1, 0.15) is 50.7 Å². The van der Waals surface area contributed by atoms with Crippen molar-refractivity contribution >= 4 is 11.9 Å². The van der Waals surface area contributed by atoms with Gasteiger partial charge in [0.15, 0.2) is 0 Å². The Morgan fingerprint density at radius 1 is 1.27 bits per heavy atom. The molecular weight excluding hydrogens is 328 g/mol. The minimum Gasteiger partial charge on any atom is -0.461 e. The normalized spacial score (nSPS) is 28.7. The number of nitrogens with zero attached hydrogens (tertiary/aromatic N) is 2. The van der Waals surface area contributed by atoms with Crippen molar-refractivity contribution in [3.63, 3.8) is 0 Å². The third-order valence-corrected chi connectivity index (χ3v) is 6.02. The number of amides is 1. The minimum absolute atomic E-state index is 0.0799. The molecule has 0 unspecified atom stereocenters. The second-order valence-corrected chi connectivity index (χ2v) is 7.70. The number of rotatable bonds is 4. The number of esters is 1. The second kappa shape index (κ2) is 7.90. The van der Waals surface area contributed by atoms with E-state index in [0.717, 1.165) is 18.4 Å². The van der Waals surface area contributed by atoms with Gasteiger partial charge in [0.05, 0.1) is 17.6 Å². The Bertz CT molecular complexity index is 707. The van der Waals surface area contributed by atoms with Gasteiger partial charge in [-0.2, -0.15) is 5.26 Å². The highest BCUT2D eigenvalue weighted by Gasteiger charge is 2.42. The second-order valence-electron chi connectivity index (χ2n) is 7.70. The molecule has 1 aliphatic carbocycles. The summed E-state index contributed by atoms with van der Waals surface area (Å²) in [5, 5.41) is 8.81. The average molecular weight is 354 g/mol. The highest BCUT2D eigenvalue weighted by Crippen LogP contribution is 2.35. The van der Waals surface area contributed by atoms with Crippen LogP contribution in [0.2, 0.25) is 0 Å². The van der Waals surface area contributed by atoms with Crippen LogP contribution < -0.4 is 0 Å². The van der Waals surface area contributed by atoms with Gasteiger partial charge in [0.25, 0.3) is 0 Å². The molecule has 26 heavy (non-hydrogen) atoms. The van der Waals surface area contributed by atoms with E-state index in [4.69, 9.17) is 10.00 Å². The molecule has 0 radical (unpaired) electrons. The van der Waals surface area contributed by atoms with Crippen LogP contribution in [0.15, 0.2) is 24.3 Å². The molecule has 1 aromatic carbocycles. The number of hydrogen-bond acceptors (Lipinski definition) is 4. The number of ether oxygens (including phenoxy) is 1. The summed E-state index contributed by atoms with van der Waals surface area (Å²) in [7, 11) is 0. The van der Waals surface area contributed by atoms with Crippen molar-refractivity contribution in [1.29, 1.82) is 5.26 Å². The molecule has 1 saturated heterocycles. The zero-order valence-corrected chi connectivity index (χ0v) is 15.5. The van der Waals surface area contributed by atoms with Crippen LogP contribution in [0.5, 0.6) is 0 Å². The summed E-state index contributed by atoms with van der Waals surface area (Å²) in [6.07, 6.45) is 3.65. The Kier molecular flexibility index (Phi) is 5.61. The Balaban J connectivity index is 1.55. The number of carbonyl (C=O) groups is 2. The van der Waals surface area contributed by atoms with Crippen LogP contribution in [0.25, 0.3) is 0 Å². The Labute approximate surface area is 154 Å². The molecule has 0 spiro atoms. The fourth-order valence-electron chi connectivity index (χ4n) is 4.15. The summed E-state index contributed by atoms with van der Waals surface area (Å²) >= 11 is 0. The predicted molar refractivity (Wildman–Crippen MR) is 96.7 cm³/mol. The summed E-state index contributed by atoms with van der Waals surface area (Å²) < 4.78 is 5.42. The van der Waals surface area contributed by atoms with E-state index in [1.54, 1.807) is 24.3 Å². The molecule has 1 aliphatic heterocycles. The van der Waals surface area contributed by atoms with Crippen LogP contribution in [-0.4, -0.2) is 29.4 Å². The SMILES string of the molecule is C[C@@H]1[C@H](C)CCC[C@H]1N1C[C@H](C(=O)OCc2ccc(C#N)cc2)CC1=O. The topological polar surface area (TPSA) is 70.4 Å². The lowest BCUT2D eigenvalue weighted by molar-refractivity contribution is -0.149. The average Bonchev–Trinajstić information content (AvgIpc) is 3.04. The lowest BCUT2D eigenvalue weighted by Gasteiger charge is -2.39. The molecule has 0 aromatic heterocycles. The van der Waals surface area contributed by atoms with E-state index in [1.807, 2.05) is 4.90 Å². The smallest absolute Gasteiger partial charge is 0.311 e. The van der Waals surface area contributed by atoms with Crippen molar-refractivity contribution in [2.45, 2.75) is 52.2 Å². The van der Waals surface area contributed by atoms with Crippen molar-refractivity contribution in [1.82, 2.24) is 4.90 Å². The molecule has 1 amide bonds. The Hall–Kier alpha value is -2.35. The molecule has 0 N–H and O–H groups in total. The van der Waals surface area contributed by atoms with Crippen molar-refractivity contribution in [3.8, 4) is 6.07 Å². The van der Waals surface area contributed by atoms with E-state index in [1.165, 1.54) is 6.42 Å². The maximum Gasteiger partial charge on any atom is 0.311 e. The van der Waals surface area contributed by atoms with E-state index in [2.05, 4.69) is 19.9 Å². The van der Waals surface area contributed by atoms with Crippen LogP contribution in [-0.2, 0) is 20.9 Å². The summed E-state index contributed by atoms with van der Waals surface area (Å²) in [4.78, 5) is 26.8. The number of hydrogen-bond donors (Lipinski definition) is 0. The quantitative estimate of drug-likeness (QED) is 0.778. The molecule has 1 aromatic rings. The maximum atomic E-state index is 12.5. The molecule has 4 atom stereocenters. The first-order valence-electron chi connectivity index (χ1n) is 9.44.